The summed E-state index contributed by atoms with van der Waals surface area (Å²) in [7, 11) is 1.26. The van der Waals surface area contributed by atoms with Crippen molar-refractivity contribution in [2.24, 2.45) is 7.05 Å². The van der Waals surface area contributed by atoms with Crippen molar-refractivity contribution >= 4 is 0 Å². The van der Waals surface area contributed by atoms with E-state index in [2.05, 4.69) is 15.2 Å². The van der Waals surface area contributed by atoms with Gasteiger partial charge in [0, 0.05) is 7.05 Å². The summed E-state index contributed by atoms with van der Waals surface area (Å²) in [5, 5.41) is 7.03. The molecule has 0 radical (unpaired) electrons. The van der Waals surface area contributed by atoms with Crippen LogP contribution in [0.5, 0.6) is 11.5 Å². The smallest absolute Gasteiger partial charge is 0.488 e. The Morgan fingerprint density at radius 2 is 1.71 bits per heavy atom. The fourth-order valence-electron chi connectivity index (χ4n) is 2.72. The summed E-state index contributed by atoms with van der Waals surface area (Å²) >= 11 is 0. The van der Waals surface area contributed by atoms with Gasteiger partial charge in [0.05, 0.1) is 16.8 Å². The van der Waals surface area contributed by atoms with Crippen molar-refractivity contribution in [2.75, 3.05) is 0 Å². The molecule has 0 N–H and O–H groups in total. The molecule has 166 valence electrons. The lowest BCUT2D eigenvalue weighted by molar-refractivity contribution is -0.275. The standard InChI is InChI=1S/C18H14F6N4O3/c1-10-6-7-12(17(19,20)21)15(8-10)30-9-11-13(28-16(29)27(2)25-26-28)4-3-5-14(11)31-18(22,23)24/h3-8H,9H2,1-2H3. The van der Waals surface area contributed by atoms with E-state index in [1.54, 1.807) is 0 Å². The van der Waals surface area contributed by atoms with Gasteiger partial charge in [-0.3, -0.25) is 0 Å². The average molecular weight is 448 g/mol. The Morgan fingerprint density at radius 1 is 1.00 bits per heavy atom. The lowest BCUT2D eigenvalue weighted by Crippen LogP contribution is -2.24. The average Bonchev–Trinajstić information content (AvgIpc) is 2.97. The zero-order valence-corrected chi connectivity index (χ0v) is 16.0. The van der Waals surface area contributed by atoms with Crippen molar-refractivity contribution in [3.05, 3.63) is 63.6 Å². The lowest BCUT2D eigenvalue weighted by atomic mass is 10.1. The molecule has 3 rings (SSSR count). The van der Waals surface area contributed by atoms with Crippen LogP contribution in [0.4, 0.5) is 26.3 Å². The van der Waals surface area contributed by atoms with E-state index in [1.165, 1.54) is 26.1 Å². The van der Waals surface area contributed by atoms with Crippen molar-refractivity contribution in [3.63, 3.8) is 0 Å². The number of tetrazole rings is 1. The van der Waals surface area contributed by atoms with Gasteiger partial charge in [0.15, 0.2) is 0 Å². The first-order valence-corrected chi connectivity index (χ1v) is 8.54. The minimum absolute atomic E-state index is 0.193. The topological polar surface area (TPSA) is 71.2 Å². The van der Waals surface area contributed by atoms with Crippen molar-refractivity contribution in [1.82, 2.24) is 19.8 Å². The van der Waals surface area contributed by atoms with Crippen LogP contribution in [0.25, 0.3) is 5.69 Å². The van der Waals surface area contributed by atoms with Crippen molar-refractivity contribution in [2.45, 2.75) is 26.1 Å². The molecule has 2 aromatic carbocycles. The maximum atomic E-state index is 13.3. The maximum absolute atomic E-state index is 13.3. The minimum Gasteiger partial charge on any atom is -0.488 e. The van der Waals surface area contributed by atoms with Crippen LogP contribution >= 0.6 is 0 Å². The molecule has 0 unspecified atom stereocenters. The maximum Gasteiger partial charge on any atom is 0.573 e. The molecule has 1 aromatic heterocycles. The molecule has 0 fully saturated rings. The van der Waals surface area contributed by atoms with Gasteiger partial charge in [0.2, 0.25) is 0 Å². The summed E-state index contributed by atoms with van der Waals surface area (Å²) in [6.07, 6.45) is -9.85. The Balaban J connectivity index is 2.09. The number of aromatic nitrogens is 4. The molecule has 1 heterocycles. The Hall–Kier alpha value is -3.51. The summed E-state index contributed by atoms with van der Waals surface area (Å²) in [5.74, 6) is -1.35. The molecular weight excluding hydrogens is 434 g/mol. The largest absolute Gasteiger partial charge is 0.573 e. The second-order valence-corrected chi connectivity index (χ2v) is 6.38. The molecule has 0 aliphatic heterocycles. The van der Waals surface area contributed by atoms with Gasteiger partial charge in [0.1, 0.15) is 18.1 Å². The molecule has 0 saturated heterocycles. The van der Waals surface area contributed by atoms with Crippen LogP contribution < -0.4 is 15.2 Å². The highest BCUT2D eigenvalue weighted by atomic mass is 19.4. The zero-order valence-electron chi connectivity index (χ0n) is 16.0. The summed E-state index contributed by atoms with van der Waals surface area (Å²) < 4.78 is 89.2. The molecule has 7 nitrogen and oxygen atoms in total. The van der Waals surface area contributed by atoms with Crippen LogP contribution in [0.3, 0.4) is 0 Å². The summed E-state index contributed by atoms with van der Waals surface area (Å²) in [4.78, 5) is 12.2. The number of alkyl halides is 6. The fourth-order valence-corrected chi connectivity index (χ4v) is 2.72. The highest BCUT2D eigenvalue weighted by Gasteiger charge is 2.35. The molecule has 0 aliphatic rings. The van der Waals surface area contributed by atoms with E-state index in [0.29, 0.717) is 10.2 Å². The number of ether oxygens (including phenoxy) is 2. The number of hydrogen-bond donors (Lipinski definition) is 0. The van der Waals surface area contributed by atoms with Gasteiger partial charge in [-0.15, -0.1) is 13.2 Å². The molecule has 31 heavy (non-hydrogen) atoms. The fraction of sp³-hybridized carbons (Fsp3) is 0.278. The minimum atomic E-state index is -5.10. The van der Waals surface area contributed by atoms with Crippen LogP contribution in [-0.4, -0.2) is 26.2 Å². The van der Waals surface area contributed by atoms with E-state index in [0.717, 1.165) is 28.9 Å². The van der Waals surface area contributed by atoms with Crippen molar-refractivity contribution < 1.29 is 35.8 Å². The number of halogens is 6. The van der Waals surface area contributed by atoms with E-state index in [4.69, 9.17) is 4.74 Å². The first-order valence-electron chi connectivity index (χ1n) is 8.54. The molecule has 0 spiro atoms. The molecule has 0 amide bonds. The molecule has 0 saturated carbocycles. The van der Waals surface area contributed by atoms with Crippen LogP contribution in [-0.2, 0) is 19.8 Å². The zero-order chi connectivity index (χ0) is 23.0. The molecule has 3 aromatic rings. The van der Waals surface area contributed by atoms with Gasteiger partial charge in [0.25, 0.3) is 0 Å². The van der Waals surface area contributed by atoms with E-state index >= 15 is 0 Å². The number of rotatable bonds is 5. The van der Waals surface area contributed by atoms with Gasteiger partial charge in [-0.05, 0) is 47.2 Å². The quantitative estimate of drug-likeness (QED) is 0.556. The van der Waals surface area contributed by atoms with Crippen LogP contribution in [0, 0.1) is 6.92 Å². The van der Waals surface area contributed by atoms with Crippen molar-refractivity contribution in [1.29, 1.82) is 0 Å². The normalized spacial score (nSPS) is 12.1. The third-order valence-electron chi connectivity index (χ3n) is 4.10. The molecule has 0 aliphatic carbocycles. The van der Waals surface area contributed by atoms with Crippen LogP contribution in [0.2, 0.25) is 0 Å². The predicted octanol–water partition coefficient (Wildman–Crippen LogP) is 3.77. The first kappa shape index (κ1) is 22.2. The van der Waals surface area contributed by atoms with E-state index in [1.807, 2.05) is 0 Å². The molecular formula is C18H14F6N4O3. The van der Waals surface area contributed by atoms with E-state index < -0.39 is 41.9 Å². The highest BCUT2D eigenvalue weighted by Crippen LogP contribution is 2.38. The summed E-state index contributed by atoms with van der Waals surface area (Å²) in [6, 6.07) is 6.47. The van der Waals surface area contributed by atoms with Crippen LogP contribution in [0.1, 0.15) is 16.7 Å². The van der Waals surface area contributed by atoms with Crippen molar-refractivity contribution in [3.8, 4) is 17.2 Å². The van der Waals surface area contributed by atoms with Crippen LogP contribution in [0.15, 0.2) is 41.2 Å². The number of benzene rings is 2. The van der Waals surface area contributed by atoms with Gasteiger partial charge in [-0.2, -0.15) is 22.5 Å². The Labute approximate surface area is 170 Å². The third kappa shape index (κ3) is 4.98. The SMILES string of the molecule is Cc1ccc(C(F)(F)F)c(OCc2c(OC(F)(F)F)cccc2-n2nnn(C)c2=O)c1. The molecule has 0 bridgehead atoms. The second kappa shape index (κ2) is 7.96. The molecule has 0 atom stereocenters. The van der Waals surface area contributed by atoms with E-state index in [-0.39, 0.29) is 11.3 Å². The predicted molar refractivity (Wildman–Crippen MR) is 93.8 cm³/mol. The van der Waals surface area contributed by atoms with Gasteiger partial charge < -0.3 is 9.47 Å². The lowest BCUT2D eigenvalue weighted by Gasteiger charge is -2.18. The monoisotopic (exact) mass is 448 g/mol. The highest BCUT2D eigenvalue weighted by molar-refractivity contribution is 5.49. The van der Waals surface area contributed by atoms with Gasteiger partial charge in [-0.25, -0.2) is 4.79 Å². The molecule has 13 heteroatoms. The summed E-state index contributed by atoms with van der Waals surface area (Å²) in [5.41, 5.74) is -2.01. The number of nitrogens with zero attached hydrogens (tertiary/aromatic N) is 4. The Morgan fingerprint density at radius 3 is 2.29 bits per heavy atom. The second-order valence-electron chi connectivity index (χ2n) is 6.38. The first-order chi connectivity index (χ1) is 14.4. The Kier molecular flexibility index (Phi) is 5.70. The van der Waals surface area contributed by atoms with Gasteiger partial charge in [-0.1, -0.05) is 12.1 Å². The number of hydrogen-bond acceptors (Lipinski definition) is 5. The summed E-state index contributed by atoms with van der Waals surface area (Å²) in [6.45, 7) is 0.745. The Bertz CT molecular complexity index is 1150. The van der Waals surface area contributed by atoms with Gasteiger partial charge >= 0.3 is 18.2 Å². The number of aryl methyl sites for hydroxylation is 2. The van der Waals surface area contributed by atoms with E-state index in [9.17, 15) is 31.1 Å². The third-order valence-corrected chi connectivity index (χ3v) is 4.10.